The molecule has 1 unspecified atom stereocenters. The monoisotopic (exact) mass is 319 g/mol. The summed E-state index contributed by atoms with van der Waals surface area (Å²) < 4.78 is 5.91. The van der Waals surface area contributed by atoms with Crippen molar-refractivity contribution in [1.82, 2.24) is 5.32 Å². The highest BCUT2D eigenvalue weighted by Crippen LogP contribution is 2.11. The summed E-state index contributed by atoms with van der Waals surface area (Å²) in [7, 11) is 1.62. The molecule has 1 aromatic rings. The highest BCUT2D eigenvalue weighted by molar-refractivity contribution is 14.1. The fraction of sp³-hybridized carbons (Fsp3) is 0.364. The molecule has 0 radical (unpaired) electrons. The zero-order valence-corrected chi connectivity index (χ0v) is 10.9. The zero-order valence-electron chi connectivity index (χ0n) is 8.79. The van der Waals surface area contributed by atoms with Crippen LogP contribution < -0.4 is 5.32 Å². The zero-order chi connectivity index (χ0) is 11.3. The molecule has 0 fully saturated rings. The number of carbonyl (C=O) groups excluding carboxylic acids is 1. The average molecular weight is 319 g/mol. The Bertz CT molecular complexity index is 341. The first-order valence-electron chi connectivity index (χ1n) is 4.69. The summed E-state index contributed by atoms with van der Waals surface area (Å²) >= 11 is 2.15. The Kier molecular flexibility index (Phi) is 5.04. The quantitative estimate of drug-likeness (QED) is 0.863. The van der Waals surface area contributed by atoms with Gasteiger partial charge in [-0.05, 0) is 41.6 Å². The van der Waals surface area contributed by atoms with E-state index in [0.29, 0.717) is 12.2 Å². The van der Waals surface area contributed by atoms with Gasteiger partial charge in [0.2, 0.25) is 0 Å². The smallest absolute Gasteiger partial charge is 0.252 e. The van der Waals surface area contributed by atoms with Crippen LogP contribution in [0.1, 0.15) is 17.3 Å². The van der Waals surface area contributed by atoms with Crippen LogP contribution >= 0.6 is 22.6 Å². The number of ether oxygens (including phenoxy) is 1. The van der Waals surface area contributed by atoms with Gasteiger partial charge in [-0.3, -0.25) is 4.79 Å². The Labute approximate surface area is 103 Å². The lowest BCUT2D eigenvalue weighted by Gasteiger charge is -2.13. The minimum absolute atomic E-state index is 0.0264. The molecule has 4 heteroatoms. The van der Waals surface area contributed by atoms with Crippen LogP contribution in [0.3, 0.4) is 0 Å². The molecule has 15 heavy (non-hydrogen) atoms. The lowest BCUT2D eigenvalue weighted by Crippen LogP contribution is -2.35. The molecular formula is C11H14INO2. The molecule has 1 N–H and O–H groups in total. The molecule has 3 nitrogen and oxygen atoms in total. The highest BCUT2D eigenvalue weighted by Gasteiger charge is 2.11. The number of nitrogens with one attached hydrogen (secondary N) is 1. The number of hydrogen-bond acceptors (Lipinski definition) is 2. The maximum absolute atomic E-state index is 11.8. The second-order valence-electron chi connectivity index (χ2n) is 3.31. The Morgan fingerprint density at radius 1 is 1.53 bits per heavy atom. The van der Waals surface area contributed by atoms with E-state index in [1.807, 2.05) is 31.2 Å². The van der Waals surface area contributed by atoms with Crippen molar-refractivity contribution in [3.8, 4) is 0 Å². The standard InChI is InChI=1S/C11H14INO2/c1-8(7-15-2)13-11(14)9-5-3-4-6-10(9)12/h3-6,8H,7H2,1-2H3,(H,13,14). The fourth-order valence-corrected chi connectivity index (χ4v) is 1.87. The number of halogens is 1. The largest absolute Gasteiger partial charge is 0.383 e. The van der Waals surface area contributed by atoms with Crippen LogP contribution in [-0.4, -0.2) is 25.7 Å². The predicted octanol–water partition coefficient (Wildman–Crippen LogP) is 2.06. The number of hydrogen-bond donors (Lipinski definition) is 1. The van der Waals surface area contributed by atoms with Gasteiger partial charge in [-0.15, -0.1) is 0 Å². The SMILES string of the molecule is COCC(C)NC(=O)c1ccccc1I. The van der Waals surface area contributed by atoms with Gasteiger partial charge in [0, 0.05) is 16.7 Å². The van der Waals surface area contributed by atoms with Crippen LogP contribution in [0.15, 0.2) is 24.3 Å². The molecule has 0 bridgehead atoms. The van der Waals surface area contributed by atoms with Crippen molar-refractivity contribution >= 4 is 28.5 Å². The molecule has 0 heterocycles. The van der Waals surface area contributed by atoms with E-state index < -0.39 is 0 Å². The van der Waals surface area contributed by atoms with Crippen LogP contribution in [0.5, 0.6) is 0 Å². The summed E-state index contributed by atoms with van der Waals surface area (Å²) in [6.45, 7) is 2.44. The molecule has 0 saturated carbocycles. The molecule has 1 aromatic carbocycles. The summed E-state index contributed by atoms with van der Waals surface area (Å²) in [6.07, 6.45) is 0. The maximum Gasteiger partial charge on any atom is 0.252 e. The molecule has 0 spiro atoms. The third-order valence-electron chi connectivity index (χ3n) is 1.91. The molecule has 1 amide bonds. The average Bonchev–Trinajstić information content (AvgIpc) is 2.18. The lowest BCUT2D eigenvalue weighted by atomic mass is 10.2. The first kappa shape index (κ1) is 12.4. The normalized spacial score (nSPS) is 12.2. The molecular weight excluding hydrogens is 305 g/mol. The Hall–Kier alpha value is -0.620. The molecule has 1 atom stereocenters. The van der Waals surface area contributed by atoms with Gasteiger partial charge >= 0.3 is 0 Å². The molecule has 0 aromatic heterocycles. The van der Waals surface area contributed by atoms with Gasteiger partial charge < -0.3 is 10.1 Å². The third-order valence-corrected chi connectivity index (χ3v) is 2.85. The van der Waals surface area contributed by atoms with Gasteiger partial charge in [-0.2, -0.15) is 0 Å². The summed E-state index contributed by atoms with van der Waals surface area (Å²) in [5, 5.41) is 2.87. The van der Waals surface area contributed by atoms with Crippen molar-refractivity contribution < 1.29 is 9.53 Å². The Morgan fingerprint density at radius 3 is 2.80 bits per heavy atom. The van der Waals surface area contributed by atoms with Crippen molar-refractivity contribution in [3.63, 3.8) is 0 Å². The van der Waals surface area contributed by atoms with Crippen LogP contribution in [0.4, 0.5) is 0 Å². The second-order valence-corrected chi connectivity index (χ2v) is 4.47. The molecule has 0 aliphatic carbocycles. The van der Waals surface area contributed by atoms with Gasteiger partial charge in [0.25, 0.3) is 5.91 Å². The van der Waals surface area contributed by atoms with E-state index in [1.165, 1.54) is 0 Å². The third kappa shape index (κ3) is 3.79. The number of amides is 1. The van der Waals surface area contributed by atoms with E-state index in [4.69, 9.17) is 4.74 Å². The lowest BCUT2D eigenvalue weighted by molar-refractivity contribution is 0.0904. The Morgan fingerprint density at radius 2 is 2.20 bits per heavy atom. The summed E-state index contributed by atoms with van der Waals surface area (Å²) in [5.74, 6) is -0.0513. The first-order valence-corrected chi connectivity index (χ1v) is 5.77. The van der Waals surface area contributed by atoms with Crippen LogP contribution in [0.25, 0.3) is 0 Å². The topological polar surface area (TPSA) is 38.3 Å². The minimum atomic E-state index is -0.0513. The van der Waals surface area contributed by atoms with Gasteiger partial charge in [-0.25, -0.2) is 0 Å². The van der Waals surface area contributed by atoms with Gasteiger partial charge in [0.1, 0.15) is 0 Å². The fourth-order valence-electron chi connectivity index (χ4n) is 1.24. The molecule has 0 aliphatic rings. The van der Waals surface area contributed by atoms with E-state index in [0.717, 1.165) is 3.57 Å². The molecule has 0 saturated heterocycles. The highest BCUT2D eigenvalue weighted by atomic mass is 127. The number of methoxy groups -OCH3 is 1. The summed E-state index contributed by atoms with van der Waals surface area (Å²) in [6, 6.07) is 7.53. The van der Waals surface area contributed by atoms with Gasteiger partial charge in [0.15, 0.2) is 0 Å². The van der Waals surface area contributed by atoms with Crippen molar-refractivity contribution in [2.24, 2.45) is 0 Å². The van der Waals surface area contributed by atoms with E-state index in [1.54, 1.807) is 7.11 Å². The van der Waals surface area contributed by atoms with E-state index in [2.05, 4.69) is 27.9 Å². The van der Waals surface area contributed by atoms with E-state index in [-0.39, 0.29) is 11.9 Å². The van der Waals surface area contributed by atoms with Crippen molar-refractivity contribution in [1.29, 1.82) is 0 Å². The number of rotatable bonds is 4. The van der Waals surface area contributed by atoms with E-state index >= 15 is 0 Å². The molecule has 82 valence electrons. The van der Waals surface area contributed by atoms with Crippen LogP contribution in [-0.2, 0) is 4.74 Å². The van der Waals surface area contributed by atoms with Crippen molar-refractivity contribution in [3.05, 3.63) is 33.4 Å². The van der Waals surface area contributed by atoms with Gasteiger partial charge in [0.05, 0.1) is 12.2 Å². The predicted molar refractivity (Wildman–Crippen MR) is 68.0 cm³/mol. The van der Waals surface area contributed by atoms with Crippen molar-refractivity contribution in [2.75, 3.05) is 13.7 Å². The number of benzene rings is 1. The maximum atomic E-state index is 11.8. The molecule has 1 rings (SSSR count). The van der Waals surface area contributed by atoms with E-state index in [9.17, 15) is 4.79 Å². The minimum Gasteiger partial charge on any atom is -0.383 e. The summed E-state index contributed by atoms with van der Waals surface area (Å²) in [4.78, 5) is 11.8. The Balaban J connectivity index is 2.65. The van der Waals surface area contributed by atoms with Gasteiger partial charge in [-0.1, -0.05) is 12.1 Å². The summed E-state index contributed by atoms with van der Waals surface area (Å²) in [5.41, 5.74) is 0.709. The molecule has 0 aliphatic heterocycles. The van der Waals surface area contributed by atoms with Crippen LogP contribution in [0.2, 0.25) is 0 Å². The second kappa shape index (κ2) is 6.07. The number of carbonyl (C=O) groups is 1. The van der Waals surface area contributed by atoms with Crippen molar-refractivity contribution in [2.45, 2.75) is 13.0 Å². The first-order chi connectivity index (χ1) is 7.15. The van der Waals surface area contributed by atoms with Crippen LogP contribution in [0, 0.1) is 3.57 Å².